The number of para-hydroxylation sites is 1. The first kappa shape index (κ1) is 12.4. The smallest absolute Gasteiger partial charge is 0.119 e. The van der Waals surface area contributed by atoms with Gasteiger partial charge in [-0.05, 0) is 31.4 Å². The van der Waals surface area contributed by atoms with Gasteiger partial charge >= 0.3 is 0 Å². The molecule has 1 atom stereocenters. The van der Waals surface area contributed by atoms with Crippen molar-refractivity contribution in [2.45, 2.75) is 19.3 Å². The molecule has 1 unspecified atom stereocenters. The van der Waals surface area contributed by atoms with Gasteiger partial charge < -0.3 is 14.6 Å². The lowest BCUT2D eigenvalue weighted by atomic mass is 9.83. The molecule has 0 aromatic heterocycles. The van der Waals surface area contributed by atoms with Crippen molar-refractivity contribution in [2.24, 2.45) is 5.41 Å². The Morgan fingerprint density at radius 3 is 2.76 bits per heavy atom. The van der Waals surface area contributed by atoms with Crippen LogP contribution in [0, 0.1) is 5.41 Å². The van der Waals surface area contributed by atoms with Gasteiger partial charge in [-0.1, -0.05) is 18.2 Å². The summed E-state index contributed by atoms with van der Waals surface area (Å²) >= 11 is 0. The molecule has 1 saturated heterocycles. The number of aliphatic hydroxyl groups is 1. The van der Waals surface area contributed by atoms with E-state index < -0.39 is 0 Å². The summed E-state index contributed by atoms with van der Waals surface area (Å²) in [6.07, 6.45) is 2.89. The second-order valence-corrected chi connectivity index (χ2v) is 4.73. The zero-order valence-electron chi connectivity index (χ0n) is 10.1. The van der Waals surface area contributed by atoms with Crippen molar-refractivity contribution in [3.63, 3.8) is 0 Å². The molecule has 0 aliphatic carbocycles. The van der Waals surface area contributed by atoms with Gasteiger partial charge in [-0.2, -0.15) is 0 Å². The van der Waals surface area contributed by atoms with Crippen LogP contribution in [-0.2, 0) is 4.74 Å². The Morgan fingerprint density at radius 1 is 1.29 bits per heavy atom. The summed E-state index contributed by atoms with van der Waals surface area (Å²) in [6.45, 7) is 2.39. The van der Waals surface area contributed by atoms with Crippen molar-refractivity contribution in [1.29, 1.82) is 0 Å². The number of hydrogen-bond acceptors (Lipinski definition) is 3. The van der Waals surface area contributed by atoms with Crippen LogP contribution in [0.3, 0.4) is 0 Å². The van der Waals surface area contributed by atoms with Gasteiger partial charge in [-0.3, -0.25) is 0 Å². The molecule has 17 heavy (non-hydrogen) atoms. The van der Waals surface area contributed by atoms with Crippen molar-refractivity contribution < 1.29 is 14.6 Å². The van der Waals surface area contributed by atoms with Crippen LogP contribution in [0.4, 0.5) is 0 Å². The number of rotatable bonds is 6. The normalized spacial score (nSPS) is 23.8. The third kappa shape index (κ3) is 3.45. The van der Waals surface area contributed by atoms with Crippen LogP contribution in [0.5, 0.6) is 5.75 Å². The summed E-state index contributed by atoms with van der Waals surface area (Å²) in [6, 6.07) is 9.83. The maximum atomic E-state index is 9.41. The average molecular weight is 236 g/mol. The summed E-state index contributed by atoms with van der Waals surface area (Å²) in [5.74, 6) is 0.910. The molecule has 1 N–H and O–H groups in total. The molecule has 1 fully saturated rings. The number of hydrogen-bond donors (Lipinski definition) is 1. The molecule has 1 aromatic rings. The molecule has 1 heterocycles. The van der Waals surface area contributed by atoms with Crippen molar-refractivity contribution in [1.82, 2.24) is 0 Å². The fraction of sp³-hybridized carbons (Fsp3) is 0.571. The van der Waals surface area contributed by atoms with E-state index in [1.54, 1.807) is 0 Å². The van der Waals surface area contributed by atoms with Gasteiger partial charge in [-0.25, -0.2) is 0 Å². The van der Waals surface area contributed by atoms with Gasteiger partial charge in [0, 0.05) is 12.0 Å². The summed E-state index contributed by atoms with van der Waals surface area (Å²) in [5, 5.41) is 9.41. The lowest BCUT2D eigenvalue weighted by Crippen LogP contribution is -2.26. The third-order valence-corrected chi connectivity index (χ3v) is 3.38. The lowest BCUT2D eigenvalue weighted by Gasteiger charge is -2.24. The summed E-state index contributed by atoms with van der Waals surface area (Å²) < 4.78 is 11.0. The van der Waals surface area contributed by atoms with Gasteiger partial charge in [-0.15, -0.1) is 0 Å². The van der Waals surface area contributed by atoms with Gasteiger partial charge in [0.15, 0.2) is 0 Å². The van der Waals surface area contributed by atoms with Gasteiger partial charge in [0.25, 0.3) is 0 Å². The monoisotopic (exact) mass is 236 g/mol. The maximum absolute atomic E-state index is 9.41. The van der Waals surface area contributed by atoms with Crippen LogP contribution in [0.1, 0.15) is 19.3 Å². The standard InChI is InChI=1S/C14H20O3/c15-11-14(8-10-16-12-14)7-4-9-17-13-5-2-1-3-6-13/h1-3,5-6,15H,4,7-12H2. The van der Waals surface area contributed by atoms with E-state index in [0.29, 0.717) is 13.2 Å². The first-order valence-corrected chi connectivity index (χ1v) is 6.21. The Bertz CT molecular complexity index is 317. The van der Waals surface area contributed by atoms with Crippen molar-refractivity contribution in [2.75, 3.05) is 26.4 Å². The van der Waals surface area contributed by atoms with E-state index >= 15 is 0 Å². The van der Waals surface area contributed by atoms with E-state index in [2.05, 4.69) is 0 Å². The molecule has 2 rings (SSSR count). The second kappa shape index (κ2) is 6.03. The highest BCUT2D eigenvalue weighted by molar-refractivity contribution is 5.20. The number of ether oxygens (including phenoxy) is 2. The molecular weight excluding hydrogens is 216 g/mol. The Morgan fingerprint density at radius 2 is 2.12 bits per heavy atom. The molecule has 1 aromatic carbocycles. The highest BCUT2D eigenvalue weighted by Crippen LogP contribution is 2.32. The molecule has 1 aliphatic rings. The van der Waals surface area contributed by atoms with E-state index in [9.17, 15) is 5.11 Å². The number of aliphatic hydroxyl groups excluding tert-OH is 1. The Labute approximate surface area is 102 Å². The van der Waals surface area contributed by atoms with E-state index in [4.69, 9.17) is 9.47 Å². The molecule has 0 spiro atoms. The number of benzene rings is 1. The van der Waals surface area contributed by atoms with Gasteiger partial charge in [0.05, 0.1) is 19.8 Å². The van der Waals surface area contributed by atoms with Crippen LogP contribution in [0.15, 0.2) is 30.3 Å². The molecule has 0 bridgehead atoms. The predicted octanol–water partition coefficient (Wildman–Crippen LogP) is 2.24. The second-order valence-electron chi connectivity index (χ2n) is 4.73. The summed E-state index contributed by atoms with van der Waals surface area (Å²) in [7, 11) is 0. The van der Waals surface area contributed by atoms with Crippen molar-refractivity contribution in [3.8, 4) is 5.75 Å². The maximum Gasteiger partial charge on any atom is 0.119 e. The van der Waals surface area contributed by atoms with Crippen LogP contribution < -0.4 is 4.74 Å². The average Bonchev–Trinajstić information content (AvgIpc) is 2.85. The zero-order chi connectivity index (χ0) is 12.0. The van der Waals surface area contributed by atoms with E-state index in [0.717, 1.165) is 31.6 Å². The largest absolute Gasteiger partial charge is 0.494 e. The van der Waals surface area contributed by atoms with Crippen LogP contribution >= 0.6 is 0 Å². The first-order chi connectivity index (χ1) is 8.35. The molecule has 3 heteroatoms. The lowest BCUT2D eigenvalue weighted by molar-refractivity contribution is 0.0810. The highest BCUT2D eigenvalue weighted by atomic mass is 16.5. The summed E-state index contributed by atoms with van der Waals surface area (Å²) in [5.41, 5.74) is -0.0138. The van der Waals surface area contributed by atoms with Gasteiger partial charge in [0.1, 0.15) is 5.75 Å². The van der Waals surface area contributed by atoms with Crippen LogP contribution in [0.25, 0.3) is 0 Å². The predicted molar refractivity (Wildman–Crippen MR) is 66.1 cm³/mol. The fourth-order valence-corrected chi connectivity index (χ4v) is 2.20. The topological polar surface area (TPSA) is 38.7 Å². The highest BCUT2D eigenvalue weighted by Gasteiger charge is 2.33. The molecule has 0 saturated carbocycles. The van der Waals surface area contributed by atoms with E-state index in [1.165, 1.54) is 0 Å². The molecule has 0 radical (unpaired) electrons. The Kier molecular flexibility index (Phi) is 4.40. The Hall–Kier alpha value is -1.06. The van der Waals surface area contributed by atoms with E-state index in [1.807, 2.05) is 30.3 Å². The van der Waals surface area contributed by atoms with Gasteiger partial charge in [0.2, 0.25) is 0 Å². The van der Waals surface area contributed by atoms with E-state index in [-0.39, 0.29) is 12.0 Å². The Balaban J connectivity index is 1.69. The molecule has 94 valence electrons. The zero-order valence-corrected chi connectivity index (χ0v) is 10.1. The first-order valence-electron chi connectivity index (χ1n) is 6.21. The molecule has 3 nitrogen and oxygen atoms in total. The molecule has 1 aliphatic heterocycles. The minimum atomic E-state index is -0.0138. The quantitative estimate of drug-likeness (QED) is 0.770. The molecule has 0 amide bonds. The minimum Gasteiger partial charge on any atom is -0.494 e. The van der Waals surface area contributed by atoms with Crippen LogP contribution in [-0.4, -0.2) is 31.5 Å². The van der Waals surface area contributed by atoms with Crippen molar-refractivity contribution >= 4 is 0 Å². The van der Waals surface area contributed by atoms with Crippen LogP contribution in [0.2, 0.25) is 0 Å². The summed E-state index contributed by atoms with van der Waals surface area (Å²) in [4.78, 5) is 0. The third-order valence-electron chi connectivity index (χ3n) is 3.38. The molecular formula is C14H20O3. The SMILES string of the molecule is OCC1(CCCOc2ccccc2)CCOC1. The fourth-order valence-electron chi connectivity index (χ4n) is 2.20. The van der Waals surface area contributed by atoms with Crippen molar-refractivity contribution in [3.05, 3.63) is 30.3 Å². The minimum absolute atomic E-state index is 0.0138.